The number of carbonyl (C=O) groups is 1. The van der Waals surface area contributed by atoms with Crippen molar-refractivity contribution in [1.29, 1.82) is 0 Å². The minimum absolute atomic E-state index is 0.00239. The van der Waals surface area contributed by atoms with Crippen LogP contribution in [0.5, 0.6) is 0 Å². The molecule has 3 rings (SSSR count). The number of guanidine groups is 1. The van der Waals surface area contributed by atoms with Crippen LogP contribution < -0.4 is 10.6 Å². The molecule has 2 aromatic carbocycles. The molecular formula is C24H31FN4O. The number of aliphatic imine (C=N–C) groups is 1. The summed E-state index contributed by atoms with van der Waals surface area (Å²) in [5.74, 6) is 0.596. The SMILES string of the molecule is CCNC(=NCC1(c2ccccc2F)CC1)NCCc1cccc(C(=O)N(C)C)c1. The average Bonchev–Trinajstić information content (AvgIpc) is 3.53. The fourth-order valence-electron chi connectivity index (χ4n) is 3.57. The zero-order valence-corrected chi connectivity index (χ0v) is 18.0. The molecule has 1 saturated carbocycles. The second-order valence-corrected chi connectivity index (χ2v) is 8.03. The van der Waals surface area contributed by atoms with Crippen LogP contribution in [0.3, 0.4) is 0 Å². The summed E-state index contributed by atoms with van der Waals surface area (Å²) in [6.45, 7) is 4.04. The number of nitrogens with one attached hydrogen (secondary N) is 2. The van der Waals surface area contributed by atoms with E-state index in [2.05, 4.69) is 10.6 Å². The Morgan fingerprint density at radius 3 is 2.57 bits per heavy atom. The Kier molecular flexibility index (Phi) is 7.08. The zero-order valence-electron chi connectivity index (χ0n) is 18.0. The Hall–Kier alpha value is -2.89. The summed E-state index contributed by atoms with van der Waals surface area (Å²) in [7, 11) is 3.51. The lowest BCUT2D eigenvalue weighted by molar-refractivity contribution is 0.0827. The smallest absolute Gasteiger partial charge is 0.253 e. The topological polar surface area (TPSA) is 56.7 Å². The van der Waals surface area contributed by atoms with Crippen molar-refractivity contribution in [3.63, 3.8) is 0 Å². The minimum atomic E-state index is -0.172. The highest BCUT2D eigenvalue weighted by Crippen LogP contribution is 2.49. The number of rotatable bonds is 8. The van der Waals surface area contributed by atoms with Crippen molar-refractivity contribution in [2.24, 2.45) is 4.99 Å². The van der Waals surface area contributed by atoms with E-state index in [1.54, 1.807) is 25.1 Å². The van der Waals surface area contributed by atoms with Crippen molar-refractivity contribution >= 4 is 11.9 Å². The van der Waals surface area contributed by atoms with Crippen molar-refractivity contribution in [1.82, 2.24) is 15.5 Å². The molecule has 0 heterocycles. The van der Waals surface area contributed by atoms with Crippen molar-refractivity contribution in [2.75, 3.05) is 33.7 Å². The van der Waals surface area contributed by atoms with Crippen LogP contribution in [0.1, 0.15) is 41.3 Å². The van der Waals surface area contributed by atoms with Gasteiger partial charge in [-0.15, -0.1) is 0 Å². The van der Waals surface area contributed by atoms with Gasteiger partial charge >= 0.3 is 0 Å². The minimum Gasteiger partial charge on any atom is -0.357 e. The highest BCUT2D eigenvalue weighted by Gasteiger charge is 2.45. The molecule has 0 aliphatic heterocycles. The zero-order chi connectivity index (χ0) is 21.6. The van der Waals surface area contributed by atoms with Gasteiger partial charge in [0.2, 0.25) is 0 Å². The summed E-state index contributed by atoms with van der Waals surface area (Å²) >= 11 is 0. The monoisotopic (exact) mass is 410 g/mol. The Bertz CT molecular complexity index is 906. The molecule has 2 aromatic rings. The maximum absolute atomic E-state index is 14.2. The molecule has 2 N–H and O–H groups in total. The molecule has 1 aliphatic rings. The van der Waals surface area contributed by atoms with Gasteiger partial charge in [0.05, 0.1) is 6.54 Å². The van der Waals surface area contributed by atoms with Crippen LogP contribution in [-0.2, 0) is 11.8 Å². The highest BCUT2D eigenvalue weighted by atomic mass is 19.1. The van der Waals surface area contributed by atoms with E-state index in [0.717, 1.165) is 42.9 Å². The largest absolute Gasteiger partial charge is 0.357 e. The van der Waals surface area contributed by atoms with Gasteiger partial charge in [-0.05, 0) is 55.5 Å². The molecule has 160 valence electrons. The van der Waals surface area contributed by atoms with E-state index in [4.69, 9.17) is 4.99 Å². The lowest BCUT2D eigenvalue weighted by Crippen LogP contribution is -2.39. The third kappa shape index (κ3) is 5.38. The fraction of sp³-hybridized carbons (Fsp3) is 0.417. The van der Waals surface area contributed by atoms with Crippen LogP contribution in [0.25, 0.3) is 0 Å². The number of hydrogen-bond donors (Lipinski definition) is 2. The summed E-state index contributed by atoms with van der Waals surface area (Å²) in [6.07, 6.45) is 2.70. The average molecular weight is 411 g/mol. The Morgan fingerprint density at radius 1 is 1.13 bits per heavy atom. The van der Waals surface area contributed by atoms with E-state index in [0.29, 0.717) is 18.7 Å². The van der Waals surface area contributed by atoms with E-state index in [1.807, 2.05) is 43.3 Å². The van der Waals surface area contributed by atoms with Gasteiger partial charge in [0.1, 0.15) is 5.82 Å². The summed E-state index contributed by atoms with van der Waals surface area (Å²) in [5.41, 5.74) is 2.39. The van der Waals surface area contributed by atoms with E-state index in [9.17, 15) is 9.18 Å². The number of halogens is 1. The number of hydrogen-bond acceptors (Lipinski definition) is 2. The summed E-state index contributed by atoms with van der Waals surface area (Å²) < 4.78 is 14.2. The number of nitrogens with zero attached hydrogens (tertiary/aromatic N) is 2. The second-order valence-electron chi connectivity index (χ2n) is 8.03. The lowest BCUT2D eigenvalue weighted by Gasteiger charge is -2.16. The van der Waals surface area contributed by atoms with Crippen LogP contribution in [0.4, 0.5) is 4.39 Å². The van der Waals surface area contributed by atoms with Crippen LogP contribution in [-0.4, -0.2) is 50.5 Å². The summed E-state index contributed by atoms with van der Waals surface area (Å²) in [5, 5.41) is 6.62. The Labute approximate surface area is 178 Å². The molecule has 0 spiro atoms. The van der Waals surface area contributed by atoms with Gasteiger partial charge < -0.3 is 15.5 Å². The van der Waals surface area contributed by atoms with Crippen molar-refractivity contribution in [3.05, 3.63) is 71.0 Å². The third-order valence-corrected chi connectivity index (χ3v) is 5.47. The third-order valence-electron chi connectivity index (χ3n) is 5.47. The fourth-order valence-corrected chi connectivity index (χ4v) is 3.57. The summed E-state index contributed by atoms with van der Waals surface area (Å²) in [4.78, 5) is 18.5. The molecule has 0 bridgehead atoms. The molecule has 30 heavy (non-hydrogen) atoms. The van der Waals surface area contributed by atoms with Gasteiger partial charge in [0.25, 0.3) is 5.91 Å². The second kappa shape index (κ2) is 9.74. The van der Waals surface area contributed by atoms with E-state index >= 15 is 0 Å². The number of benzene rings is 2. The molecular weight excluding hydrogens is 379 g/mol. The van der Waals surface area contributed by atoms with Gasteiger partial charge in [-0.25, -0.2) is 4.39 Å². The Morgan fingerprint density at radius 2 is 1.90 bits per heavy atom. The summed E-state index contributed by atoms with van der Waals surface area (Å²) in [6, 6.07) is 14.7. The predicted molar refractivity (Wildman–Crippen MR) is 119 cm³/mol. The first kappa shape index (κ1) is 21.8. The molecule has 1 fully saturated rings. The Balaban J connectivity index is 1.59. The quantitative estimate of drug-likeness (QED) is 0.518. The molecule has 1 amide bonds. The molecule has 0 unspecified atom stereocenters. The molecule has 0 saturated heterocycles. The molecule has 1 aliphatic carbocycles. The first-order valence-corrected chi connectivity index (χ1v) is 10.5. The molecule has 0 radical (unpaired) electrons. The lowest BCUT2D eigenvalue weighted by atomic mass is 9.95. The van der Waals surface area contributed by atoms with E-state index in [-0.39, 0.29) is 17.1 Å². The van der Waals surface area contributed by atoms with Crippen molar-refractivity contribution in [2.45, 2.75) is 31.6 Å². The number of amides is 1. The normalized spacial score (nSPS) is 14.9. The molecule has 6 heteroatoms. The maximum atomic E-state index is 14.2. The van der Waals surface area contributed by atoms with Crippen LogP contribution in [0.15, 0.2) is 53.5 Å². The van der Waals surface area contributed by atoms with Crippen LogP contribution in [0, 0.1) is 5.82 Å². The first-order chi connectivity index (χ1) is 14.4. The number of carbonyl (C=O) groups excluding carboxylic acids is 1. The van der Waals surface area contributed by atoms with Crippen LogP contribution >= 0.6 is 0 Å². The van der Waals surface area contributed by atoms with Crippen molar-refractivity contribution in [3.8, 4) is 0 Å². The maximum Gasteiger partial charge on any atom is 0.253 e. The predicted octanol–water partition coefficient (Wildman–Crippen LogP) is 3.36. The van der Waals surface area contributed by atoms with Gasteiger partial charge in [0, 0.05) is 38.2 Å². The highest BCUT2D eigenvalue weighted by molar-refractivity contribution is 5.94. The van der Waals surface area contributed by atoms with E-state index < -0.39 is 0 Å². The van der Waals surface area contributed by atoms with Crippen molar-refractivity contribution < 1.29 is 9.18 Å². The first-order valence-electron chi connectivity index (χ1n) is 10.5. The van der Waals surface area contributed by atoms with Gasteiger partial charge in [-0.3, -0.25) is 9.79 Å². The molecule has 5 nitrogen and oxygen atoms in total. The van der Waals surface area contributed by atoms with Crippen LogP contribution in [0.2, 0.25) is 0 Å². The van der Waals surface area contributed by atoms with Gasteiger partial charge in [-0.1, -0.05) is 30.3 Å². The molecule has 0 atom stereocenters. The van der Waals surface area contributed by atoms with Gasteiger partial charge in [0.15, 0.2) is 5.96 Å². The van der Waals surface area contributed by atoms with E-state index in [1.165, 1.54) is 6.07 Å². The standard InChI is InChI=1S/C24H31FN4O/c1-4-26-23(28-17-24(13-14-24)20-10-5-6-11-21(20)25)27-15-12-18-8-7-9-19(16-18)22(30)29(2)3/h5-11,16H,4,12-15,17H2,1-3H3,(H2,26,27,28). The van der Waals surface area contributed by atoms with Gasteiger partial charge in [-0.2, -0.15) is 0 Å². The molecule has 0 aromatic heterocycles.